The maximum atomic E-state index is 12.6. The third kappa shape index (κ3) is 7.38. The molecule has 1 unspecified atom stereocenters. The van der Waals surface area contributed by atoms with E-state index in [0.29, 0.717) is 22.3 Å². The van der Waals surface area contributed by atoms with Gasteiger partial charge in [-0.15, -0.1) is 0 Å². The minimum absolute atomic E-state index is 0.419. The fraction of sp³-hybridized carbons (Fsp3) is 0.379. The summed E-state index contributed by atoms with van der Waals surface area (Å²) in [4.78, 5) is 49.3. The van der Waals surface area contributed by atoms with Gasteiger partial charge in [-0.1, -0.05) is 29.8 Å². The molecular weight excluding hydrogens is 669 g/mol. The number of esters is 4. The standard InChI is InChI=1S/C29H29ClINO9/c1-15(33)37-14-24-26(38-16(2)34)27(39-17(3)35)28(40-18(4)36)29(41-24)32-13-20(12-19-8-10-21(31)11-9-19)25-22(30)6-5-7-23(25)32/h5-11,13,24,26-29H,12,14H2,1-4H3/t24-,26-,27+,28-,29?/m1/s1/i1D,2D,3D,4D. The Balaban J connectivity index is 1.89. The zero-order valence-electron chi connectivity index (χ0n) is 25.6. The molecule has 3 aromatic rings. The van der Waals surface area contributed by atoms with Crippen molar-refractivity contribution in [2.45, 2.75) is 64.7 Å². The van der Waals surface area contributed by atoms with E-state index in [1.807, 2.05) is 24.3 Å². The summed E-state index contributed by atoms with van der Waals surface area (Å²) < 4.78 is 60.4. The predicted octanol–water partition coefficient (Wildman–Crippen LogP) is 4.75. The SMILES string of the molecule is [2H]CC(=O)OC[C@H]1OC(n2cc(Cc3ccc(I)cc3)c3c(Cl)cccc32)[C@H](OC(=O)C[2H])[C@@H](OC(=O)C[2H])[C@@H]1OC(=O)C[2H]. The molecule has 4 rings (SSSR count). The van der Waals surface area contributed by atoms with Crippen LogP contribution in [0.15, 0.2) is 48.7 Å². The number of benzene rings is 2. The van der Waals surface area contributed by atoms with Crippen molar-refractivity contribution >= 4 is 69.0 Å². The van der Waals surface area contributed by atoms with Gasteiger partial charge in [-0.05, 0) is 64.4 Å². The highest BCUT2D eigenvalue weighted by atomic mass is 127. The lowest BCUT2D eigenvalue weighted by Crippen LogP contribution is -2.60. The topological polar surface area (TPSA) is 119 Å². The average molecular weight is 702 g/mol. The van der Waals surface area contributed by atoms with Gasteiger partial charge in [0.2, 0.25) is 0 Å². The number of carbonyl (C=O) groups excluding carboxylic acids is 4. The maximum Gasteiger partial charge on any atom is 0.303 e. The number of halogens is 2. The molecule has 218 valence electrons. The number of hydrogen-bond acceptors (Lipinski definition) is 9. The second-order valence-corrected chi connectivity index (χ2v) is 10.8. The first-order valence-corrected chi connectivity index (χ1v) is 13.6. The quantitative estimate of drug-likeness (QED) is 0.186. The summed E-state index contributed by atoms with van der Waals surface area (Å²) in [7, 11) is 0. The number of aromatic nitrogens is 1. The summed E-state index contributed by atoms with van der Waals surface area (Å²) in [5.41, 5.74) is 2.28. The van der Waals surface area contributed by atoms with Gasteiger partial charge in [-0.3, -0.25) is 19.2 Å². The molecule has 1 saturated heterocycles. The third-order valence-electron chi connectivity index (χ3n) is 6.29. The van der Waals surface area contributed by atoms with Crippen molar-refractivity contribution in [3.05, 3.63) is 68.4 Å². The van der Waals surface area contributed by atoms with Crippen molar-refractivity contribution in [1.82, 2.24) is 4.57 Å². The Hall–Kier alpha value is -3.16. The van der Waals surface area contributed by atoms with Gasteiger partial charge >= 0.3 is 23.9 Å². The molecule has 0 amide bonds. The van der Waals surface area contributed by atoms with Crippen LogP contribution in [0, 0.1) is 3.57 Å². The number of carbonyl (C=O) groups is 4. The van der Waals surface area contributed by atoms with E-state index in [0.717, 1.165) is 14.7 Å². The molecule has 1 fully saturated rings. The van der Waals surface area contributed by atoms with Gasteiger partial charge in [-0.25, -0.2) is 0 Å². The number of fused-ring (bicyclic) bond motifs is 1. The molecule has 2 heterocycles. The number of rotatable bonds is 8. The van der Waals surface area contributed by atoms with E-state index in [2.05, 4.69) is 22.6 Å². The average Bonchev–Trinajstić information content (AvgIpc) is 3.41. The molecule has 1 aliphatic rings. The molecule has 0 saturated carbocycles. The van der Waals surface area contributed by atoms with Crippen LogP contribution in [0.25, 0.3) is 10.9 Å². The van der Waals surface area contributed by atoms with Crippen LogP contribution in [0.5, 0.6) is 0 Å². The Kier molecular flexibility index (Phi) is 8.23. The van der Waals surface area contributed by atoms with Crippen molar-refractivity contribution in [2.24, 2.45) is 0 Å². The molecular formula is C29H29ClINO9. The summed E-state index contributed by atoms with van der Waals surface area (Å²) >= 11 is 8.89. The molecule has 0 bridgehead atoms. The molecule has 12 heteroatoms. The van der Waals surface area contributed by atoms with Gasteiger partial charge in [0.25, 0.3) is 0 Å². The lowest BCUT2D eigenvalue weighted by Gasteiger charge is -2.44. The first-order valence-electron chi connectivity index (χ1n) is 15.0. The van der Waals surface area contributed by atoms with Crippen LogP contribution in [0.4, 0.5) is 0 Å². The lowest BCUT2D eigenvalue weighted by molar-refractivity contribution is -0.267. The van der Waals surface area contributed by atoms with Gasteiger partial charge in [0.05, 0.1) is 10.5 Å². The second-order valence-electron chi connectivity index (χ2n) is 9.11. The number of hydrogen-bond donors (Lipinski definition) is 0. The molecule has 1 aromatic heterocycles. The van der Waals surface area contributed by atoms with Gasteiger partial charge in [0.1, 0.15) is 12.7 Å². The molecule has 1 aliphatic heterocycles. The van der Waals surface area contributed by atoms with Crippen molar-refractivity contribution in [2.75, 3.05) is 6.61 Å². The van der Waals surface area contributed by atoms with Crippen LogP contribution in [0.2, 0.25) is 5.02 Å². The molecule has 41 heavy (non-hydrogen) atoms. The van der Waals surface area contributed by atoms with Gasteiger partial charge in [-0.2, -0.15) is 0 Å². The van der Waals surface area contributed by atoms with E-state index in [9.17, 15) is 19.2 Å². The minimum Gasteiger partial charge on any atom is -0.463 e. The monoisotopic (exact) mass is 701 g/mol. The fourth-order valence-corrected chi connectivity index (χ4v) is 5.45. The molecule has 0 radical (unpaired) electrons. The Labute approximate surface area is 260 Å². The van der Waals surface area contributed by atoms with Crippen LogP contribution in [0.3, 0.4) is 0 Å². The van der Waals surface area contributed by atoms with E-state index in [4.69, 9.17) is 40.8 Å². The summed E-state index contributed by atoms with van der Waals surface area (Å²) in [5.74, 6) is -4.03. The zero-order chi connectivity index (χ0) is 32.7. The van der Waals surface area contributed by atoms with Gasteiger partial charge in [0, 0.05) is 48.2 Å². The van der Waals surface area contributed by atoms with Crippen LogP contribution in [-0.2, 0) is 49.3 Å². The Bertz CT molecular complexity index is 1540. The van der Waals surface area contributed by atoms with E-state index >= 15 is 0 Å². The van der Waals surface area contributed by atoms with E-state index < -0.39 is 88.7 Å². The molecule has 2 aromatic carbocycles. The first-order chi connectivity index (χ1) is 21.6. The normalized spacial score (nSPS) is 23.4. The first kappa shape index (κ1) is 25.5. The molecule has 0 aliphatic carbocycles. The molecule has 5 atom stereocenters. The van der Waals surface area contributed by atoms with E-state index in [1.165, 1.54) is 0 Å². The Morgan fingerprint density at radius 1 is 0.902 bits per heavy atom. The van der Waals surface area contributed by atoms with Crippen LogP contribution < -0.4 is 0 Å². The second kappa shape index (κ2) is 13.2. The van der Waals surface area contributed by atoms with Gasteiger partial charge in [0.15, 0.2) is 24.5 Å². The van der Waals surface area contributed by atoms with E-state index in [1.54, 1.807) is 29.0 Å². The highest BCUT2D eigenvalue weighted by Crippen LogP contribution is 2.39. The van der Waals surface area contributed by atoms with Crippen molar-refractivity contribution in [3.63, 3.8) is 0 Å². The molecule has 10 nitrogen and oxygen atoms in total. The van der Waals surface area contributed by atoms with Crippen LogP contribution in [0.1, 0.15) is 50.4 Å². The summed E-state index contributed by atoms with van der Waals surface area (Å²) in [5, 5.41) is 1.08. The highest BCUT2D eigenvalue weighted by Gasteiger charge is 2.53. The lowest BCUT2D eigenvalue weighted by atomic mass is 9.97. The van der Waals surface area contributed by atoms with Crippen LogP contribution >= 0.6 is 34.2 Å². The molecule has 0 spiro atoms. The number of nitrogens with zero attached hydrogens (tertiary/aromatic N) is 1. The zero-order valence-corrected chi connectivity index (χ0v) is 24.5. The maximum absolute atomic E-state index is 12.6. The highest BCUT2D eigenvalue weighted by molar-refractivity contribution is 14.1. The Morgan fingerprint density at radius 3 is 2.20 bits per heavy atom. The summed E-state index contributed by atoms with van der Waals surface area (Å²) in [6.07, 6.45) is -5.19. The molecule has 0 N–H and O–H groups in total. The minimum atomic E-state index is -1.61. The summed E-state index contributed by atoms with van der Waals surface area (Å²) in [6, 6.07) is 13.0. The summed E-state index contributed by atoms with van der Waals surface area (Å²) in [6.45, 7) is -3.73. The fourth-order valence-electron chi connectivity index (χ4n) is 4.80. The van der Waals surface area contributed by atoms with Crippen molar-refractivity contribution in [1.29, 1.82) is 0 Å². The van der Waals surface area contributed by atoms with Crippen LogP contribution in [-0.4, -0.2) is 59.5 Å². The van der Waals surface area contributed by atoms with Gasteiger partial charge < -0.3 is 28.3 Å². The number of ether oxygens (including phenoxy) is 5. The largest absolute Gasteiger partial charge is 0.463 e. The third-order valence-corrected chi connectivity index (χ3v) is 7.32. The smallest absolute Gasteiger partial charge is 0.303 e. The van der Waals surface area contributed by atoms with Crippen molar-refractivity contribution < 1.29 is 48.3 Å². The predicted molar refractivity (Wildman–Crippen MR) is 156 cm³/mol. The Morgan fingerprint density at radius 2 is 1.54 bits per heavy atom. The van der Waals surface area contributed by atoms with Crippen molar-refractivity contribution in [3.8, 4) is 0 Å². The van der Waals surface area contributed by atoms with E-state index in [-0.39, 0.29) is 0 Å².